The zero-order chi connectivity index (χ0) is 15.1. The van der Waals surface area contributed by atoms with Crippen molar-refractivity contribution < 1.29 is 0 Å². The molecule has 0 spiro atoms. The van der Waals surface area contributed by atoms with Crippen molar-refractivity contribution in [3.05, 3.63) is 34.9 Å². The standard InChI is InChI=1S/C20H33P/c1-4-6-8-17-11-12-19(18(14-17)9-7-5-2)15-20-13-10-16(3)21-20/h11-12,14,16,20-21H,4-10,13,15H2,1-3H3. The Hall–Kier alpha value is -0.350. The summed E-state index contributed by atoms with van der Waals surface area (Å²) in [5, 5.41) is 0. The maximum atomic E-state index is 2.53. The van der Waals surface area contributed by atoms with E-state index < -0.39 is 0 Å². The van der Waals surface area contributed by atoms with E-state index >= 15 is 0 Å². The van der Waals surface area contributed by atoms with Gasteiger partial charge in [-0.25, -0.2) is 0 Å². The maximum Gasteiger partial charge on any atom is -0.0193 e. The SMILES string of the molecule is CCCCc1ccc(CC2CCC(C)P2)c(CCCC)c1. The molecule has 1 fully saturated rings. The van der Waals surface area contributed by atoms with Crippen LogP contribution in [0, 0.1) is 0 Å². The molecule has 3 unspecified atom stereocenters. The lowest BCUT2D eigenvalue weighted by Crippen LogP contribution is -2.05. The average molecular weight is 304 g/mol. The summed E-state index contributed by atoms with van der Waals surface area (Å²) in [5.74, 6) is 0. The molecule has 0 aliphatic carbocycles. The van der Waals surface area contributed by atoms with Crippen LogP contribution in [0.1, 0.15) is 76.0 Å². The van der Waals surface area contributed by atoms with Gasteiger partial charge in [-0.2, -0.15) is 0 Å². The fourth-order valence-corrected chi connectivity index (χ4v) is 5.27. The molecule has 1 aliphatic rings. The third kappa shape index (κ3) is 5.41. The van der Waals surface area contributed by atoms with Gasteiger partial charge in [0.2, 0.25) is 0 Å². The van der Waals surface area contributed by atoms with Crippen molar-refractivity contribution in [2.75, 3.05) is 0 Å². The lowest BCUT2D eigenvalue weighted by Gasteiger charge is -2.16. The first kappa shape index (κ1) is 17.0. The zero-order valence-electron chi connectivity index (χ0n) is 14.3. The smallest absolute Gasteiger partial charge is 0.0193 e. The van der Waals surface area contributed by atoms with Crippen LogP contribution in [-0.4, -0.2) is 11.3 Å². The Morgan fingerprint density at radius 2 is 1.76 bits per heavy atom. The molecule has 0 nitrogen and oxygen atoms in total. The Morgan fingerprint density at radius 3 is 2.43 bits per heavy atom. The second-order valence-electron chi connectivity index (χ2n) is 6.86. The van der Waals surface area contributed by atoms with Gasteiger partial charge in [-0.3, -0.25) is 0 Å². The van der Waals surface area contributed by atoms with E-state index in [4.69, 9.17) is 0 Å². The number of benzene rings is 1. The summed E-state index contributed by atoms with van der Waals surface area (Å²) in [4.78, 5) is 0. The van der Waals surface area contributed by atoms with Crippen LogP contribution in [0.15, 0.2) is 18.2 Å². The van der Waals surface area contributed by atoms with Gasteiger partial charge in [-0.1, -0.05) is 51.8 Å². The van der Waals surface area contributed by atoms with Crippen molar-refractivity contribution >= 4 is 8.58 Å². The van der Waals surface area contributed by atoms with Gasteiger partial charge in [0.1, 0.15) is 0 Å². The Bertz CT molecular complexity index is 424. The number of hydrogen-bond donors (Lipinski definition) is 0. The van der Waals surface area contributed by atoms with E-state index in [9.17, 15) is 0 Å². The fraction of sp³-hybridized carbons (Fsp3) is 0.700. The molecule has 21 heavy (non-hydrogen) atoms. The van der Waals surface area contributed by atoms with Gasteiger partial charge in [0.05, 0.1) is 0 Å². The number of unbranched alkanes of at least 4 members (excludes halogenated alkanes) is 2. The summed E-state index contributed by atoms with van der Waals surface area (Å²) >= 11 is 0. The largest absolute Gasteiger partial charge is 0.116 e. The van der Waals surface area contributed by atoms with Crippen LogP contribution in [0.4, 0.5) is 0 Å². The topological polar surface area (TPSA) is 0 Å². The second kappa shape index (κ2) is 8.94. The quantitative estimate of drug-likeness (QED) is 0.506. The first-order chi connectivity index (χ1) is 10.2. The van der Waals surface area contributed by atoms with Crippen molar-refractivity contribution in [2.45, 2.75) is 89.9 Å². The Labute approximate surface area is 133 Å². The molecule has 1 saturated heterocycles. The van der Waals surface area contributed by atoms with Crippen molar-refractivity contribution in [1.82, 2.24) is 0 Å². The monoisotopic (exact) mass is 304 g/mol. The van der Waals surface area contributed by atoms with Gasteiger partial charge in [0, 0.05) is 0 Å². The predicted molar refractivity (Wildman–Crippen MR) is 98.2 cm³/mol. The van der Waals surface area contributed by atoms with Gasteiger partial charge >= 0.3 is 0 Å². The van der Waals surface area contributed by atoms with Crippen LogP contribution in [0.25, 0.3) is 0 Å². The molecule has 3 atom stereocenters. The second-order valence-corrected chi connectivity index (χ2v) is 8.99. The first-order valence-electron chi connectivity index (χ1n) is 9.09. The number of hydrogen-bond acceptors (Lipinski definition) is 0. The first-order valence-corrected chi connectivity index (χ1v) is 10.2. The molecule has 118 valence electrons. The van der Waals surface area contributed by atoms with E-state index in [1.54, 1.807) is 16.7 Å². The van der Waals surface area contributed by atoms with E-state index in [0.717, 1.165) is 11.3 Å². The maximum absolute atomic E-state index is 2.53. The van der Waals surface area contributed by atoms with Crippen LogP contribution in [-0.2, 0) is 19.3 Å². The van der Waals surface area contributed by atoms with Gasteiger partial charge < -0.3 is 0 Å². The summed E-state index contributed by atoms with van der Waals surface area (Å²) in [6.45, 7) is 7.03. The van der Waals surface area contributed by atoms with Crippen LogP contribution in [0.3, 0.4) is 0 Å². The summed E-state index contributed by atoms with van der Waals surface area (Å²) in [5.41, 5.74) is 6.85. The molecule has 0 radical (unpaired) electrons. The Kier molecular flexibility index (Phi) is 7.24. The van der Waals surface area contributed by atoms with Crippen molar-refractivity contribution in [2.24, 2.45) is 0 Å². The summed E-state index contributed by atoms with van der Waals surface area (Å²) in [6, 6.07) is 7.40. The van der Waals surface area contributed by atoms with E-state index in [2.05, 4.69) is 39.0 Å². The molecule has 1 heteroatoms. The van der Waals surface area contributed by atoms with Gasteiger partial charge in [-0.15, -0.1) is 8.58 Å². The van der Waals surface area contributed by atoms with Crippen molar-refractivity contribution in [3.8, 4) is 0 Å². The van der Waals surface area contributed by atoms with Crippen molar-refractivity contribution in [1.29, 1.82) is 0 Å². The molecule has 2 rings (SSSR count). The van der Waals surface area contributed by atoms with Crippen LogP contribution in [0.5, 0.6) is 0 Å². The highest BCUT2D eigenvalue weighted by atomic mass is 31.1. The number of aryl methyl sites for hydroxylation is 2. The molecular weight excluding hydrogens is 271 g/mol. The van der Waals surface area contributed by atoms with Crippen LogP contribution < -0.4 is 0 Å². The van der Waals surface area contributed by atoms with Crippen LogP contribution >= 0.6 is 8.58 Å². The highest BCUT2D eigenvalue weighted by molar-refractivity contribution is 7.40. The highest BCUT2D eigenvalue weighted by Gasteiger charge is 2.22. The van der Waals surface area contributed by atoms with E-state index in [1.165, 1.54) is 66.4 Å². The average Bonchev–Trinajstić information content (AvgIpc) is 2.90. The molecule has 1 aliphatic heterocycles. The van der Waals surface area contributed by atoms with Gasteiger partial charge in [-0.05, 0) is 73.0 Å². The molecule has 0 amide bonds. The predicted octanol–water partition coefficient (Wildman–Crippen LogP) is 6.14. The molecule has 0 aromatic heterocycles. The van der Waals surface area contributed by atoms with E-state index in [1.807, 2.05) is 0 Å². The van der Waals surface area contributed by atoms with Crippen LogP contribution in [0.2, 0.25) is 0 Å². The minimum Gasteiger partial charge on any atom is -0.116 e. The molecule has 0 bridgehead atoms. The molecule has 1 heterocycles. The minimum atomic E-state index is 0.974. The molecular formula is C20H33P. The Balaban J connectivity index is 2.06. The van der Waals surface area contributed by atoms with Gasteiger partial charge in [0.25, 0.3) is 0 Å². The van der Waals surface area contributed by atoms with E-state index in [0.29, 0.717) is 0 Å². The molecule has 1 aromatic rings. The highest BCUT2D eigenvalue weighted by Crippen LogP contribution is 2.41. The third-order valence-electron chi connectivity index (χ3n) is 4.82. The molecule has 0 saturated carbocycles. The summed E-state index contributed by atoms with van der Waals surface area (Å²) < 4.78 is 0. The molecule has 0 N–H and O–H groups in total. The lowest BCUT2D eigenvalue weighted by atomic mass is 9.94. The number of rotatable bonds is 8. The normalized spacial score (nSPS) is 23.0. The fourth-order valence-electron chi connectivity index (χ4n) is 3.46. The van der Waals surface area contributed by atoms with E-state index in [-0.39, 0.29) is 0 Å². The molecule has 1 aromatic carbocycles. The van der Waals surface area contributed by atoms with Gasteiger partial charge in [0.15, 0.2) is 0 Å². The summed E-state index contributed by atoms with van der Waals surface area (Å²) in [7, 11) is 1.20. The summed E-state index contributed by atoms with van der Waals surface area (Å²) in [6.07, 6.45) is 12.1. The zero-order valence-corrected chi connectivity index (χ0v) is 15.3. The third-order valence-corrected chi connectivity index (χ3v) is 6.65. The minimum absolute atomic E-state index is 0.974. The lowest BCUT2D eigenvalue weighted by molar-refractivity contribution is 0.726. The Morgan fingerprint density at radius 1 is 1.00 bits per heavy atom. The van der Waals surface area contributed by atoms with Crippen molar-refractivity contribution in [3.63, 3.8) is 0 Å².